The molecule has 5 rings (SSSR count). The molecule has 0 aliphatic heterocycles. The highest BCUT2D eigenvalue weighted by molar-refractivity contribution is 5.84. The number of rotatable bonds is 2. The zero-order valence-corrected chi connectivity index (χ0v) is 15.5. The highest BCUT2D eigenvalue weighted by Crippen LogP contribution is 2.27. The van der Waals surface area contributed by atoms with E-state index in [1.54, 1.807) is 35.3 Å². The first-order valence-corrected chi connectivity index (χ1v) is 8.78. The Labute approximate surface area is 158 Å². The van der Waals surface area contributed by atoms with Crippen LogP contribution in [0.15, 0.2) is 47.4 Å². The van der Waals surface area contributed by atoms with Crippen LogP contribution in [0.3, 0.4) is 0 Å². The maximum Gasteiger partial charge on any atom is 0.299 e. The molecule has 0 saturated carbocycles. The second-order valence-electron chi connectivity index (χ2n) is 6.57. The number of hydrogen-bond donors (Lipinski definition) is 0. The molecule has 4 aromatic heterocycles. The summed E-state index contributed by atoms with van der Waals surface area (Å²) < 4.78 is 4.75. The Kier molecular flexibility index (Phi) is 3.38. The van der Waals surface area contributed by atoms with Crippen LogP contribution in [0.5, 0.6) is 0 Å². The predicted octanol–water partition coefficient (Wildman–Crippen LogP) is 1.93. The molecule has 0 amide bonds. The minimum atomic E-state index is -0.313. The monoisotopic (exact) mass is 372 g/mol. The average molecular weight is 372 g/mol. The van der Waals surface area contributed by atoms with Crippen LogP contribution in [-0.4, -0.2) is 39.4 Å². The van der Waals surface area contributed by atoms with Crippen molar-refractivity contribution in [2.24, 2.45) is 0 Å². The van der Waals surface area contributed by atoms with Crippen molar-refractivity contribution >= 4 is 16.7 Å². The number of pyridine rings is 1. The van der Waals surface area contributed by atoms with Gasteiger partial charge >= 0.3 is 0 Å². The van der Waals surface area contributed by atoms with Gasteiger partial charge in [-0.15, -0.1) is 20.4 Å². The quantitative estimate of drug-likeness (QED) is 0.470. The van der Waals surface area contributed by atoms with Crippen LogP contribution in [0, 0.1) is 20.8 Å². The van der Waals surface area contributed by atoms with Gasteiger partial charge in [-0.05, 0) is 32.4 Å². The van der Waals surface area contributed by atoms with Crippen LogP contribution >= 0.6 is 0 Å². The maximum atomic E-state index is 13.1. The smallest absolute Gasteiger partial charge is 0.265 e. The van der Waals surface area contributed by atoms with Crippen LogP contribution in [0.2, 0.25) is 0 Å². The molecule has 0 spiro atoms. The molecule has 9 nitrogen and oxygen atoms in total. The van der Waals surface area contributed by atoms with Gasteiger partial charge < -0.3 is 0 Å². The molecule has 0 aliphatic carbocycles. The number of benzene rings is 1. The summed E-state index contributed by atoms with van der Waals surface area (Å²) in [6, 6.07) is 11.7. The van der Waals surface area contributed by atoms with Crippen LogP contribution in [0.4, 0.5) is 0 Å². The lowest BCUT2D eigenvalue weighted by Gasteiger charge is -2.10. The zero-order valence-electron chi connectivity index (χ0n) is 15.5. The van der Waals surface area contributed by atoms with Crippen molar-refractivity contribution in [3.8, 4) is 11.1 Å². The van der Waals surface area contributed by atoms with Crippen molar-refractivity contribution in [1.29, 1.82) is 0 Å². The number of hydrogen-bond acceptors (Lipinski definition) is 6. The highest BCUT2D eigenvalue weighted by atomic mass is 16.1. The summed E-state index contributed by atoms with van der Waals surface area (Å²) in [5.74, 6) is 1.21. The van der Waals surface area contributed by atoms with E-state index in [9.17, 15) is 4.79 Å². The molecular weight excluding hydrogens is 356 g/mol. The Bertz CT molecular complexity index is 1390. The van der Waals surface area contributed by atoms with Gasteiger partial charge in [-0.25, -0.2) is 13.9 Å². The van der Waals surface area contributed by atoms with E-state index < -0.39 is 0 Å². The van der Waals surface area contributed by atoms with Crippen LogP contribution in [0.1, 0.15) is 17.3 Å². The van der Waals surface area contributed by atoms with Gasteiger partial charge in [-0.2, -0.15) is 5.10 Å². The van der Waals surface area contributed by atoms with Gasteiger partial charge in [0.1, 0.15) is 17.2 Å². The second kappa shape index (κ2) is 5.81. The molecule has 0 unspecified atom stereocenters. The van der Waals surface area contributed by atoms with Gasteiger partial charge in [0.15, 0.2) is 11.2 Å². The Hall–Kier alpha value is -3.88. The molecule has 4 heterocycles. The van der Waals surface area contributed by atoms with E-state index in [0.717, 1.165) is 16.8 Å². The molecule has 0 bridgehead atoms. The van der Waals surface area contributed by atoms with E-state index in [0.29, 0.717) is 22.8 Å². The summed E-state index contributed by atoms with van der Waals surface area (Å²) in [4.78, 5) is 13.1. The van der Waals surface area contributed by atoms with Crippen molar-refractivity contribution in [2.75, 3.05) is 0 Å². The molecule has 0 atom stereocenters. The third kappa shape index (κ3) is 2.19. The van der Waals surface area contributed by atoms with E-state index in [2.05, 4.69) is 25.5 Å². The van der Waals surface area contributed by atoms with E-state index in [4.69, 9.17) is 0 Å². The van der Waals surface area contributed by atoms with Crippen LogP contribution < -0.4 is 5.56 Å². The molecular formula is C19H16N8O. The maximum absolute atomic E-state index is 13.1. The normalized spacial score (nSPS) is 11.5. The first-order valence-electron chi connectivity index (χ1n) is 8.78. The topological polar surface area (TPSA) is 95.8 Å². The minimum absolute atomic E-state index is 0.226. The standard InChI is InChI=1S/C19H16N8O/c1-11-16(14-7-5-4-6-8-14)18-23-22-17-15(26(18)24-11)9-10-25(19(17)28)27-12(2)20-21-13(27)3/h4-10H,1-3H3. The first kappa shape index (κ1) is 16.3. The van der Waals surface area contributed by atoms with E-state index in [1.807, 2.05) is 37.3 Å². The molecule has 0 N–H and O–H groups in total. The van der Waals surface area contributed by atoms with Crippen molar-refractivity contribution in [3.63, 3.8) is 0 Å². The lowest BCUT2D eigenvalue weighted by Crippen LogP contribution is -2.28. The largest absolute Gasteiger partial charge is 0.299 e. The Balaban J connectivity index is 1.81. The van der Waals surface area contributed by atoms with Gasteiger partial charge in [-0.1, -0.05) is 30.3 Å². The summed E-state index contributed by atoms with van der Waals surface area (Å²) in [6.07, 6.45) is 1.67. The Morgan fingerprint density at radius 3 is 2.29 bits per heavy atom. The zero-order chi connectivity index (χ0) is 19.4. The van der Waals surface area contributed by atoms with Crippen LogP contribution in [0.25, 0.3) is 27.8 Å². The van der Waals surface area contributed by atoms with E-state index >= 15 is 0 Å². The fourth-order valence-corrected chi connectivity index (χ4v) is 3.52. The number of fused-ring (bicyclic) bond motifs is 3. The van der Waals surface area contributed by atoms with Crippen molar-refractivity contribution in [3.05, 3.63) is 70.3 Å². The minimum Gasteiger partial charge on any atom is -0.265 e. The SMILES string of the molecule is Cc1nn2c(nnc3c(=O)n(-n4c(C)nnc4C)ccc32)c1-c1ccccc1. The van der Waals surface area contributed by atoms with Gasteiger partial charge in [0.05, 0.1) is 11.3 Å². The fourth-order valence-electron chi connectivity index (χ4n) is 3.52. The molecule has 0 aliphatic rings. The molecule has 138 valence electrons. The van der Waals surface area contributed by atoms with Crippen molar-refractivity contribution in [1.82, 2.24) is 39.4 Å². The van der Waals surface area contributed by atoms with Gasteiger partial charge in [0, 0.05) is 6.20 Å². The summed E-state index contributed by atoms with van der Waals surface area (Å²) in [5.41, 5.74) is 3.86. The molecule has 28 heavy (non-hydrogen) atoms. The van der Waals surface area contributed by atoms with Crippen molar-refractivity contribution in [2.45, 2.75) is 20.8 Å². The van der Waals surface area contributed by atoms with Gasteiger partial charge in [-0.3, -0.25) is 4.79 Å². The van der Waals surface area contributed by atoms with E-state index in [1.165, 1.54) is 4.68 Å². The Morgan fingerprint density at radius 2 is 1.57 bits per heavy atom. The van der Waals surface area contributed by atoms with Crippen LogP contribution in [-0.2, 0) is 0 Å². The summed E-state index contributed by atoms with van der Waals surface area (Å²) in [7, 11) is 0. The van der Waals surface area contributed by atoms with E-state index in [-0.39, 0.29) is 11.1 Å². The summed E-state index contributed by atoms with van der Waals surface area (Å²) >= 11 is 0. The van der Waals surface area contributed by atoms with Gasteiger partial charge in [0.2, 0.25) is 0 Å². The molecule has 1 aromatic carbocycles. The summed E-state index contributed by atoms with van der Waals surface area (Å²) in [5, 5.41) is 21.2. The lowest BCUT2D eigenvalue weighted by molar-refractivity contribution is 0.593. The third-order valence-electron chi connectivity index (χ3n) is 4.77. The fraction of sp³-hybridized carbons (Fsp3) is 0.158. The number of aryl methyl sites for hydroxylation is 3. The van der Waals surface area contributed by atoms with Crippen molar-refractivity contribution < 1.29 is 0 Å². The first-order chi connectivity index (χ1) is 13.6. The molecule has 0 saturated heterocycles. The molecule has 5 aromatic rings. The third-order valence-corrected chi connectivity index (χ3v) is 4.77. The predicted molar refractivity (Wildman–Crippen MR) is 103 cm³/mol. The summed E-state index contributed by atoms with van der Waals surface area (Å²) in [6.45, 7) is 5.50. The average Bonchev–Trinajstić information content (AvgIpc) is 3.21. The Morgan fingerprint density at radius 1 is 0.857 bits per heavy atom. The number of nitrogens with zero attached hydrogens (tertiary/aromatic N) is 8. The molecule has 9 heteroatoms. The highest BCUT2D eigenvalue weighted by Gasteiger charge is 2.18. The number of aromatic nitrogens is 8. The second-order valence-corrected chi connectivity index (χ2v) is 6.57. The molecule has 0 fully saturated rings. The lowest BCUT2D eigenvalue weighted by atomic mass is 10.1. The molecule has 0 radical (unpaired) electrons. The van der Waals surface area contributed by atoms with Gasteiger partial charge in [0.25, 0.3) is 5.56 Å².